The Morgan fingerprint density at radius 2 is 1.50 bits per heavy atom. The van der Waals surface area contributed by atoms with Crippen molar-refractivity contribution in [3.8, 4) is 0 Å². The highest BCUT2D eigenvalue weighted by Crippen LogP contribution is 2.27. The standard InChI is InChI=1S/C16H15F3O/c1-9-6-11(17)7-10(2)16(9)15(20)8-12-13(18)4-3-5-14(12)19/h3-7,15,20H,8H2,1-2H3. The number of aryl methyl sites for hydroxylation is 2. The average molecular weight is 280 g/mol. The molecule has 0 amide bonds. The molecule has 2 rings (SSSR count). The maximum atomic E-state index is 13.6. The third-order valence-electron chi connectivity index (χ3n) is 3.35. The monoisotopic (exact) mass is 280 g/mol. The molecular formula is C16H15F3O. The maximum Gasteiger partial charge on any atom is 0.129 e. The van der Waals surface area contributed by atoms with Crippen LogP contribution in [0.3, 0.4) is 0 Å². The molecule has 0 heterocycles. The topological polar surface area (TPSA) is 20.2 Å². The second kappa shape index (κ2) is 5.67. The van der Waals surface area contributed by atoms with Crippen molar-refractivity contribution < 1.29 is 18.3 Å². The Morgan fingerprint density at radius 3 is 2.00 bits per heavy atom. The van der Waals surface area contributed by atoms with Crippen molar-refractivity contribution in [2.45, 2.75) is 26.4 Å². The largest absolute Gasteiger partial charge is 0.388 e. The number of aliphatic hydroxyl groups is 1. The van der Waals surface area contributed by atoms with Gasteiger partial charge < -0.3 is 5.11 Å². The second-order valence-corrected chi connectivity index (χ2v) is 4.87. The molecule has 0 bridgehead atoms. The fourth-order valence-electron chi connectivity index (χ4n) is 2.47. The molecule has 0 fully saturated rings. The predicted octanol–water partition coefficient (Wildman–Crippen LogP) is 4.00. The van der Waals surface area contributed by atoms with E-state index in [1.807, 2.05) is 0 Å². The molecule has 0 aliphatic rings. The van der Waals surface area contributed by atoms with Crippen LogP contribution in [0.15, 0.2) is 30.3 Å². The Kier molecular flexibility index (Phi) is 4.14. The molecular weight excluding hydrogens is 265 g/mol. The van der Waals surface area contributed by atoms with Gasteiger partial charge >= 0.3 is 0 Å². The minimum absolute atomic E-state index is 0.164. The lowest BCUT2D eigenvalue weighted by atomic mass is 9.93. The van der Waals surface area contributed by atoms with Crippen LogP contribution in [-0.4, -0.2) is 5.11 Å². The summed E-state index contributed by atoms with van der Waals surface area (Å²) in [5, 5.41) is 10.2. The van der Waals surface area contributed by atoms with Gasteiger partial charge in [-0.15, -0.1) is 0 Å². The number of hydrogen-bond acceptors (Lipinski definition) is 1. The Balaban J connectivity index is 2.36. The van der Waals surface area contributed by atoms with E-state index in [2.05, 4.69) is 0 Å². The summed E-state index contributed by atoms with van der Waals surface area (Å²) in [7, 11) is 0. The van der Waals surface area contributed by atoms with E-state index in [1.54, 1.807) is 13.8 Å². The molecule has 1 unspecified atom stereocenters. The molecule has 0 radical (unpaired) electrons. The minimum atomic E-state index is -1.08. The van der Waals surface area contributed by atoms with Crippen LogP contribution in [0.25, 0.3) is 0 Å². The number of rotatable bonds is 3. The third-order valence-corrected chi connectivity index (χ3v) is 3.35. The number of halogens is 3. The smallest absolute Gasteiger partial charge is 0.129 e. The van der Waals surface area contributed by atoms with E-state index in [0.717, 1.165) is 12.1 Å². The molecule has 2 aromatic carbocycles. The first-order valence-electron chi connectivity index (χ1n) is 6.27. The van der Waals surface area contributed by atoms with E-state index in [1.165, 1.54) is 18.2 Å². The van der Waals surface area contributed by atoms with Crippen LogP contribution in [0.2, 0.25) is 0 Å². The van der Waals surface area contributed by atoms with Crippen molar-refractivity contribution in [3.63, 3.8) is 0 Å². The fourth-order valence-corrected chi connectivity index (χ4v) is 2.47. The Morgan fingerprint density at radius 1 is 1.00 bits per heavy atom. The fraction of sp³-hybridized carbons (Fsp3) is 0.250. The Bertz CT molecular complexity index is 594. The number of aliphatic hydroxyl groups excluding tert-OH is 1. The highest BCUT2D eigenvalue weighted by atomic mass is 19.1. The van der Waals surface area contributed by atoms with Crippen molar-refractivity contribution in [2.75, 3.05) is 0 Å². The van der Waals surface area contributed by atoms with E-state index in [4.69, 9.17) is 0 Å². The first-order valence-corrected chi connectivity index (χ1v) is 6.27. The number of hydrogen-bond donors (Lipinski definition) is 1. The van der Waals surface area contributed by atoms with Gasteiger partial charge in [0, 0.05) is 12.0 Å². The molecule has 0 saturated carbocycles. The molecule has 2 aromatic rings. The summed E-state index contributed by atoms with van der Waals surface area (Å²) >= 11 is 0. The van der Waals surface area contributed by atoms with Crippen molar-refractivity contribution in [1.82, 2.24) is 0 Å². The van der Waals surface area contributed by atoms with Crippen molar-refractivity contribution in [1.29, 1.82) is 0 Å². The maximum absolute atomic E-state index is 13.6. The zero-order chi connectivity index (χ0) is 14.9. The minimum Gasteiger partial charge on any atom is -0.388 e. The lowest BCUT2D eigenvalue weighted by Crippen LogP contribution is -2.09. The summed E-state index contributed by atoms with van der Waals surface area (Å²) in [4.78, 5) is 0. The van der Waals surface area contributed by atoms with E-state index in [-0.39, 0.29) is 12.0 Å². The van der Waals surface area contributed by atoms with E-state index >= 15 is 0 Å². The highest BCUT2D eigenvalue weighted by Gasteiger charge is 2.19. The van der Waals surface area contributed by atoms with Crippen LogP contribution in [-0.2, 0) is 6.42 Å². The van der Waals surface area contributed by atoms with Gasteiger partial charge in [-0.25, -0.2) is 13.2 Å². The van der Waals surface area contributed by atoms with Gasteiger partial charge in [0.05, 0.1) is 6.10 Å². The van der Waals surface area contributed by atoms with Crippen LogP contribution in [0, 0.1) is 31.3 Å². The quantitative estimate of drug-likeness (QED) is 0.901. The second-order valence-electron chi connectivity index (χ2n) is 4.87. The average Bonchev–Trinajstić information content (AvgIpc) is 2.32. The third kappa shape index (κ3) is 2.85. The summed E-state index contributed by atoms with van der Waals surface area (Å²) in [6, 6.07) is 6.16. The zero-order valence-corrected chi connectivity index (χ0v) is 11.3. The molecule has 4 heteroatoms. The molecule has 0 saturated heterocycles. The molecule has 0 aromatic heterocycles. The van der Waals surface area contributed by atoms with Crippen molar-refractivity contribution in [2.24, 2.45) is 0 Å². The molecule has 106 valence electrons. The van der Waals surface area contributed by atoms with E-state index in [9.17, 15) is 18.3 Å². The van der Waals surface area contributed by atoms with Crippen LogP contribution < -0.4 is 0 Å². The Hall–Kier alpha value is -1.81. The molecule has 1 N–H and O–H groups in total. The van der Waals surface area contributed by atoms with Crippen molar-refractivity contribution in [3.05, 3.63) is 70.0 Å². The molecule has 0 aliphatic heterocycles. The molecule has 0 spiro atoms. The van der Waals surface area contributed by atoms with Gasteiger partial charge in [-0.2, -0.15) is 0 Å². The first kappa shape index (κ1) is 14.6. The summed E-state index contributed by atoms with van der Waals surface area (Å²) in [6.45, 7) is 3.32. The van der Waals surface area contributed by atoms with Gasteiger partial charge in [0.15, 0.2) is 0 Å². The molecule has 0 aliphatic carbocycles. The molecule has 20 heavy (non-hydrogen) atoms. The van der Waals surface area contributed by atoms with Crippen LogP contribution in [0.5, 0.6) is 0 Å². The predicted molar refractivity (Wildman–Crippen MR) is 70.9 cm³/mol. The van der Waals surface area contributed by atoms with Gasteiger partial charge in [-0.05, 0) is 54.8 Å². The van der Waals surface area contributed by atoms with E-state index < -0.39 is 23.6 Å². The van der Waals surface area contributed by atoms with Gasteiger partial charge in [0.1, 0.15) is 17.5 Å². The van der Waals surface area contributed by atoms with E-state index in [0.29, 0.717) is 16.7 Å². The Labute approximate surface area is 115 Å². The molecule has 1 atom stereocenters. The number of benzene rings is 2. The van der Waals surface area contributed by atoms with Gasteiger partial charge in [0.25, 0.3) is 0 Å². The van der Waals surface area contributed by atoms with Gasteiger partial charge in [-0.3, -0.25) is 0 Å². The van der Waals surface area contributed by atoms with Crippen LogP contribution >= 0.6 is 0 Å². The molecule has 1 nitrogen and oxygen atoms in total. The zero-order valence-electron chi connectivity index (χ0n) is 11.3. The van der Waals surface area contributed by atoms with Crippen LogP contribution in [0.1, 0.15) is 28.4 Å². The summed E-state index contributed by atoms with van der Waals surface area (Å²) in [6.07, 6.45) is -1.27. The summed E-state index contributed by atoms with van der Waals surface area (Å²) < 4.78 is 40.4. The first-order chi connectivity index (χ1) is 9.40. The SMILES string of the molecule is Cc1cc(F)cc(C)c1C(O)Cc1c(F)cccc1F. The normalized spacial score (nSPS) is 12.5. The lowest BCUT2D eigenvalue weighted by Gasteiger charge is -2.17. The lowest BCUT2D eigenvalue weighted by molar-refractivity contribution is 0.174. The highest BCUT2D eigenvalue weighted by molar-refractivity contribution is 5.37. The summed E-state index contributed by atoms with van der Waals surface area (Å²) in [5.74, 6) is -1.78. The summed E-state index contributed by atoms with van der Waals surface area (Å²) in [5.41, 5.74) is 1.47. The van der Waals surface area contributed by atoms with Gasteiger partial charge in [0.2, 0.25) is 0 Å². The van der Waals surface area contributed by atoms with Crippen LogP contribution in [0.4, 0.5) is 13.2 Å². The van der Waals surface area contributed by atoms with Gasteiger partial charge in [-0.1, -0.05) is 6.07 Å². The van der Waals surface area contributed by atoms with Crippen molar-refractivity contribution >= 4 is 0 Å².